The lowest BCUT2D eigenvalue weighted by atomic mass is 9.93. The van der Waals surface area contributed by atoms with Crippen molar-refractivity contribution in [2.75, 3.05) is 13.1 Å². The van der Waals surface area contributed by atoms with Gasteiger partial charge in [-0.3, -0.25) is 9.59 Å². The number of nitrogens with one attached hydrogen (secondary N) is 2. The van der Waals surface area contributed by atoms with Crippen LogP contribution in [-0.2, 0) is 19.1 Å². The number of hydrogen-bond donors (Lipinski definition) is 4. The van der Waals surface area contributed by atoms with E-state index in [1.807, 2.05) is 13.8 Å². The van der Waals surface area contributed by atoms with Crippen LogP contribution in [0, 0.1) is 11.8 Å². The zero-order valence-corrected chi connectivity index (χ0v) is 18.6. The maximum absolute atomic E-state index is 12.9. The molecule has 1 heterocycles. The Kier molecular flexibility index (Phi) is 9.08. The van der Waals surface area contributed by atoms with Gasteiger partial charge in [0.1, 0.15) is 11.6 Å². The molecule has 10 heteroatoms. The first-order chi connectivity index (χ1) is 13.7. The van der Waals surface area contributed by atoms with Gasteiger partial charge in [0, 0.05) is 19.0 Å². The van der Waals surface area contributed by atoms with Crippen molar-refractivity contribution in [1.82, 2.24) is 15.5 Å². The van der Waals surface area contributed by atoms with Crippen LogP contribution in [0.25, 0.3) is 0 Å². The van der Waals surface area contributed by atoms with E-state index in [9.17, 15) is 24.3 Å². The number of ether oxygens (including phenoxy) is 1. The zero-order valence-electron chi connectivity index (χ0n) is 18.6. The highest BCUT2D eigenvalue weighted by Crippen LogP contribution is 2.20. The summed E-state index contributed by atoms with van der Waals surface area (Å²) in [5.41, 5.74) is -0.680. The molecule has 172 valence electrons. The maximum Gasteiger partial charge on any atom is 0.408 e. The second kappa shape index (κ2) is 10.6. The second-order valence-corrected chi connectivity index (χ2v) is 9.03. The molecule has 3 atom stereocenters. The van der Waals surface area contributed by atoms with E-state index in [1.165, 1.54) is 6.92 Å². The Balaban J connectivity index is 2.67. The van der Waals surface area contributed by atoms with Crippen LogP contribution >= 0.6 is 0 Å². The molecule has 30 heavy (non-hydrogen) atoms. The summed E-state index contributed by atoms with van der Waals surface area (Å²) >= 11 is 0. The van der Waals surface area contributed by atoms with Crippen molar-refractivity contribution in [2.45, 2.75) is 78.2 Å². The summed E-state index contributed by atoms with van der Waals surface area (Å²) in [5.74, 6) is -2.62. The highest BCUT2D eigenvalue weighted by Gasteiger charge is 2.35. The molecule has 1 rings (SSSR count). The molecule has 0 bridgehead atoms. The molecule has 0 aliphatic carbocycles. The monoisotopic (exact) mass is 429 g/mol. The van der Waals surface area contributed by atoms with E-state index in [-0.39, 0.29) is 11.8 Å². The van der Waals surface area contributed by atoms with E-state index in [2.05, 4.69) is 10.6 Å². The lowest BCUT2D eigenvalue weighted by molar-refractivity contribution is -0.146. The number of aliphatic hydroxyl groups excluding tert-OH is 1. The van der Waals surface area contributed by atoms with Crippen molar-refractivity contribution >= 4 is 23.9 Å². The molecule has 0 aromatic carbocycles. The maximum atomic E-state index is 12.9. The van der Waals surface area contributed by atoms with E-state index < -0.39 is 47.7 Å². The van der Waals surface area contributed by atoms with E-state index in [4.69, 9.17) is 9.84 Å². The summed E-state index contributed by atoms with van der Waals surface area (Å²) in [4.78, 5) is 50.1. The molecule has 1 aliphatic heterocycles. The Morgan fingerprint density at radius 2 is 1.53 bits per heavy atom. The van der Waals surface area contributed by atoms with Gasteiger partial charge >= 0.3 is 12.1 Å². The number of carboxylic acids is 1. The standard InChI is InChI=1S/C20H35N3O7/c1-11(2)14(22-19(29)30-20(4,5)6)17(26)23-9-7-13(8-10-23)16(25)21-15(12(3)24)18(27)28/h11-15,24H,7-10H2,1-6H3,(H,21,25)(H,22,29)(H,27,28)/t12-,14-,15-/m0/s1. The largest absolute Gasteiger partial charge is 0.480 e. The van der Waals surface area contributed by atoms with Crippen molar-refractivity contribution in [3.05, 3.63) is 0 Å². The van der Waals surface area contributed by atoms with Gasteiger partial charge in [-0.1, -0.05) is 13.8 Å². The van der Waals surface area contributed by atoms with Crippen LogP contribution in [0.4, 0.5) is 4.79 Å². The van der Waals surface area contributed by atoms with Gasteiger partial charge in [0.15, 0.2) is 6.04 Å². The van der Waals surface area contributed by atoms with Crippen molar-refractivity contribution in [1.29, 1.82) is 0 Å². The fourth-order valence-corrected chi connectivity index (χ4v) is 3.17. The average molecular weight is 430 g/mol. The molecule has 4 N–H and O–H groups in total. The summed E-state index contributed by atoms with van der Waals surface area (Å²) in [6, 6.07) is -2.13. The Bertz CT molecular complexity index is 635. The number of amides is 3. The molecule has 0 radical (unpaired) electrons. The summed E-state index contributed by atoms with van der Waals surface area (Å²) in [7, 11) is 0. The first-order valence-electron chi connectivity index (χ1n) is 10.2. The van der Waals surface area contributed by atoms with Gasteiger partial charge in [0.25, 0.3) is 0 Å². The number of rotatable bonds is 7. The minimum absolute atomic E-state index is 0.159. The van der Waals surface area contributed by atoms with Gasteiger partial charge in [0.2, 0.25) is 11.8 Å². The van der Waals surface area contributed by atoms with Crippen molar-refractivity contribution in [3.8, 4) is 0 Å². The number of carbonyl (C=O) groups is 4. The molecule has 0 spiro atoms. The molecule has 10 nitrogen and oxygen atoms in total. The van der Waals surface area contributed by atoms with Crippen LogP contribution in [0.15, 0.2) is 0 Å². The van der Waals surface area contributed by atoms with Crippen molar-refractivity contribution < 1.29 is 34.1 Å². The third kappa shape index (κ3) is 7.81. The zero-order chi connectivity index (χ0) is 23.2. The fraction of sp³-hybridized carbons (Fsp3) is 0.800. The molecule has 1 fully saturated rings. The fourth-order valence-electron chi connectivity index (χ4n) is 3.17. The van der Waals surface area contributed by atoms with Gasteiger partial charge in [-0.2, -0.15) is 0 Å². The molecule has 0 unspecified atom stereocenters. The highest BCUT2D eigenvalue weighted by molar-refractivity contribution is 5.87. The average Bonchev–Trinajstić information content (AvgIpc) is 2.61. The number of aliphatic hydroxyl groups is 1. The van der Waals surface area contributed by atoms with Crippen molar-refractivity contribution in [2.24, 2.45) is 11.8 Å². The number of carbonyl (C=O) groups excluding carboxylic acids is 3. The third-order valence-electron chi connectivity index (χ3n) is 4.83. The quantitative estimate of drug-likeness (QED) is 0.467. The number of hydrogen-bond acceptors (Lipinski definition) is 6. The molecule has 1 aliphatic rings. The molecule has 3 amide bonds. The molecular weight excluding hydrogens is 394 g/mol. The smallest absolute Gasteiger partial charge is 0.408 e. The number of alkyl carbamates (subject to hydrolysis) is 1. The third-order valence-corrected chi connectivity index (χ3v) is 4.83. The van der Waals surface area contributed by atoms with E-state index in [0.717, 1.165) is 0 Å². The summed E-state index contributed by atoms with van der Waals surface area (Å²) in [5, 5.41) is 23.6. The Labute approximate surface area is 177 Å². The predicted octanol–water partition coefficient (Wildman–Crippen LogP) is 0.725. The Morgan fingerprint density at radius 1 is 1.00 bits per heavy atom. The molecule has 1 saturated heterocycles. The van der Waals surface area contributed by atoms with Gasteiger partial charge in [-0.05, 0) is 46.5 Å². The number of likely N-dealkylation sites (tertiary alicyclic amines) is 1. The lowest BCUT2D eigenvalue weighted by Gasteiger charge is -2.35. The van der Waals surface area contributed by atoms with E-state index in [0.29, 0.717) is 25.9 Å². The van der Waals surface area contributed by atoms with Crippen LogP contribution in [-0.4, -0.2) is 75.9 Å². The van der Waals surface area contributed by atoms with Crippen LogP contribution < -0.4 is 10.6 Å². The number of carboxylic acid groups (broad SMARTS) is 1. The summed E-state index contributed by atoms with van der Waals surface area (Å²) < 4.78 is 5.24. The summed E-state index contributed by atoms with van der Waals surface area (Å²) in [6.45, 7) is 10.8. The minimum Gasteiger partial charge on any atom is -0.480 e. The number of nitrogens with zero attached hydrogens (tertiary/aromatic N) is 1. The SMILES string of the molecule is CC(C)[C@H](NC(=O)OC(C)(C)C)C(=O)N1CCC(C(=O)N[C@H](C(=O)O)[C@H](C)O)CC1. The van der Waals surface area contributed by atoms with Gasteiger partial charge in [-0.15, -0.1) is 0 Å². The first-order valence-corrected chi connectivity index (χ1v) is 10.2. The lowest BCUT2D eigenvalue weighted by Crippen LogP contribution is -2.55. The van der Waals surface area contributed by atoms with E-state index >= 15 is 0 Å². The number of aliphatic carboxylic acids is 1. The highest BCUT2D eigenvalue weighted by atomic mass is 16.6. The Hall–Kier alpha value is -2.36. The second-order valence-electron chi connectivity index (χ2n) is 9.03. The molecule has 0 saturated carbocycles. The van der Waals surface area contributed by atoms with Crippen LogP contribution in [0.5, 0.6) is 0 Å². The Morgan fingerprint density at radius 3 is 1.93 bits per heavy atom. The van der Waals surface area contributed by atoms with Gasteiger partial charge < -0.3 is 30.5 Å². The molecular formula is C20H35N3O7. The minimum atomic E-state index is -1.37. The van der Waals surface area contributed by atoms with Crippen LogP contribution in [0.2, 0.25) is 0 Å². The number of piperidine rings is 1. The molecule has 0 aromatic heterocycles. The summed E-state index contributed by atoms with van der Waals surface area (Å²) in [6.07, 6.45) is -1.16. The van der Waals surface area contributed by atoms with Gasteiger partial charge in [0.05, 0.1) is 6.10 Å². The van der Waals surface area contributed by atoms with Gasteiger partial charge in [-0.25, -0.2) is 9.59 Å². The van der Waals surface area contributed by atoms with Crippen LogP contribution in [0.3, 0.4) is 0 Å². The van der Waals surface area contributed by atoms with Crippen LogP contribution in [0.1, 0.15) is 54.4 Å². The molecule has 0 aromatic rings. The normalized spacial score (nSPS) is 18.3. The predicted molar refractivity (Wildman–Crippen MR) is 109 cm³/mol. The topological polar surface area (TPSA) is 145 Å². The van der Waals surface area contributed by atoms with E-state index in [1.54, 1.807) is 25.7 Å². The van der Waals surface area contributed by atoms with Crippen molar-refractivity contribution in [3.63, 3.8) is 0 Å². The first kappa shape index (κ1) is 25.7.